The summed E-state index contributed by atoms with van der Waals surface area (Å²) >= 11 is 0. The molecule has 0 bridgehead atoms. The van der Waals surface area contributed by atoms with E-state index in [1.54, 1.807) is 0 Å². The maximum absolute atomic E-state index is 11.5. The Labute approximate surface area is 218 Å². The van der Waals surface area contributed by atoms with E-state index in [4.69, 9.17) is 0 Å². The van der Waals surface area contributed by atoms with Crippen LogP contribution in [0.25, 0.3) is 0 Å². The third-order valence-electron chi connectivity index (χ3n) is 5.49. The van der Waals surface area contributed by atoms with Crippen molar-refractivity contribution in [3.8, 4) is 0 Å². The maximum Gasteiger partial charge on any atom is 1.00 e. The smallest absolute Gasteiger partial charge is 0.748 e. The van der Waals surface area contributed by atoms with Crippen LogP contribution in [0.5, 0.6) is 0 Å². The van der Waals surface area contributed by atoms with Crippen molar-refractivity contribution in [2.45, 2.75) is 141 Å². The van der Waals surface area contributed by atoms with Gasteiger partial charge in [-0.3, -0.25) is 0 Å². The van der Waals surface area contributed by atoms with Crippen LogP contribution in [0.15, 0.2) is 0 Å². The fourth-order valence-electron chi connectivity index (χ4n) is 3.64. The average Bonchev–Trinajstić information content (AvgIpc) is 2.61. The molecule has 0 fully saturated rings. The number of rotatable bonds is 20. The van der Waals surface area contributed by atoms with E-state index in [-0.39, 0.29) is 57.5 Å². The summed E-state index contributed by atoms with van der Waals surface area (Å²) in [7, 11) is -4.17. The molecule has 164 valence electrons. The Hall–Kier alpha value is 1.51. The fraction of sp³-hybridized carbons (Fsp3) is 1.00. The second-order valence-corrected chi connectivity index (χ2v) is 9.82. The van der Waals surface area contributed by atoms with Crippen LogP contribution in [0.2, 0.25) is 0 Å². The summed E-state index contributed by atoms with van der Waals surface area (Å²) in [5.41, 5.74) is 0. The van der Waals surface area contributed by atoms with Gasteiger partial charge in [-0.1, -0.05) is 104 Å². The average molecular weight is 445 g/mol. The van der Waals surface area contributed by atoms with Crippen LogP contribution in [0.3, 0.4) is 0 Å². The van der Waals surface area contributed by atoms with Gasteiger partial charge in [0.05, 0.1) is 16.2 Å². The molecule has 2 unspecified atom stereocenters. The second-order valence-electron chi connectivity index (χ2n) is 8.17. The first-order chi connectivity index (χ1) is 12.9. The quantitative estimate of drug-likeness (QED) is 0.177. The molecule has 4 nitrogen and oxygen atoms in total. The Morgan fingerprint density at radius 1 is 0.643 bits per heavy atom. The van der Waals surface area contributed by atoms with Gasteiger partial charge < -0.3 is 9.66 Å². The third-order valence-corrected chi connectivity index (χ3v) is 6.78. The Morgan fingerprint density at radius 2 is 0.964 bits per heavy atom. The van der Waals surface area contributed by atoms with Crippen LogP contribution in [-0.4, -0.2) is 29.4 Å². The van der Waals surface area contributed by atoms with E-state index in [0.717, 1.165) is 70.6 Å². The number of aliphatic hydroxyl groups excluding tert-OH is 1. The summed E-state index contributed by atoms with van der Waals surface area (Å²) < 4.78 is 34.4. The molecule has 6 heteroatoms. The molecule has 0 aromatic heterocycles. The zero-order valence-corrected chi connectivity index (χ0v) is 22.9. The molecule has 0 saturated carbocycles. The summed E-state index contributed by atoms with van der Waals surface area (Å²) in [5, 5.41) is 9.20. The number of aliphatic hydroxyl groups is 1. The molecular formula is C22H45KO4S. The normalized spacial score (nSPS) is 13.9. The maximum atomic E-state index is 11.5. The first kappa shape index (κ1) is 31.7. The van der Waals surface area contributed by atoms with Crippen molar-refractivity contribution >= 4 is 10.1 Å². The van der Waals surface area contributed by atoms with E-state index in [2.05, 4.69) is 13.8 Å². The van der Waals surface area contributed by atoms with E-state index < -0.39 is 15.4 Å². The second kappa shape index (κ2) is 21.7. The van der Waals surface area contributed by atoms with Crippen LogP contribution < -0.4 is 51.4 Å². The van der Waals surface area contributed by atoms with Gasteiger partial charge in [-0.05, 0) is 25.7 Å². The van der Waals surface area contributed by atoms with Crippen molar-refractivity contribution in [3.05, 3.63) is 0 Å². The summed E-state index contributed by atoms with van der Waals surface area (Å²) in [6, 6.07) is 0. The van der Waals surface area contributed by atoms with E-state index in [0.29, 0.717) is 12.8 Å². The van der Waals surface area contributed by atoms with Gasteiger partial charge in [0.25, 0.3) is 0 Å². The zero-order valence-electron chi connectivity index (χ0n) is 19.0. The van der Waals surface area contributed by atoms with Gasteiger partial charge in [0, 0.05) is 5.25 Å². The molecule has 0 aliphatic heterocycles. The molecule has 0 aromatic carbocycles. The van der Waals surface area contributed by atoms with Crippen LogP contribution in [0, 0.1) is 0 Å². The van der Waals surface area contributed by atoms with Gasteiger partial charge in [-0.2, -0.15) is 0 Å². The molecule has 0 saturated heterocycles. The molecule has 2 atom stereocenters. The summed E-state index contributed by atoms with van der Waals surface area (Å²) in [6.07, 6.45) is 17.8. The van der Waals surface area contributed by atoms with Crippen LogP contribution >= 0.6 is 0 Å². The van der Waals surface area contributed by atoms with Gasteiger partial charge in [0.2, 0.25) is 0 Å². The topological polar surface area (TPSA) is 77.4 Å². The summed E-state index contributed by atoms with van der Waals surface area (Å²) in [6.45, 7) is 4.35. The van der Waals surface area contributed by atoms with Gasteiger partial charge >= 0.3 is 51.4 Å². The predicted octanol–water partition coefficient (Wildman–Crippen LogP) is 3.33. The molecule has 0 aliphatic carbocycles. The van der Waals surface area contributed by atoms with Crippen molar-refractivity contribution in [1.82, 2.24) is 0 Å². The van der Waals surface area contributed by atoms with E-state index in [1.165, 1.54) is 32.1 Å². The number of unbranched alkanes of at least 4 members (excludes halogenated alkanes) is 11. The molecule has 0 rings (SSSR count). The van der Waals surface area contributed by atoms with Gasteiger partial charge in [0.1, 0.15) is 0 Å². The minimum Gasteiger partial charge on any atom is -0.748 e. The SMILES string of the molecule is CCCCCCCCC(CCCCCCCC(O)CCCCC)S(=O)(=O)[O-].[K+]. The van der Waals surface area contributed by atoms with Crippen LogP contribution in [0.1, 0.15) is 129 Å². The first-order valence-corrected chi connectivity index (χ1v) is 13.0. The van der Waals surface area contributed by atoms with E-state index in [9.17, 15) is 18.1 Å². The van der Waals surface area contributed by atoms with Gasteiger partial charge in [-0.15, -0.1) is 0 Å². The van der Waals surface area contributed by atoms with Crippen LogP contribution in [0.4, 0.5) is 0 Å². The van der Waals surface area contributed by atoms with Crippen molar-refractivity contribution < 1.29 is 69.5 Å². The van der Waals surface area contributed by atoms with Crippen molar-refractivity contribution in [2.75, 3.05) is 0 Å². The Morgan fingerprint density at radius 3 is 1.39 bits per heavy atom. The van der Waals surface area contributed by atoms with Crippen molar-refractivity contribution in [3.63, 3.8) is 0 Å². The molecular weight excluding hydrogens is 399 g/mol. The van der Waals surface area contributed by atoms with E-state index in [1.807, 2.05) is 0 Å². The third kappa shape index (κ3) is 20.8. The molecule has 0 aliphatic rings. The van der Waals surface area contributed by atoms with Gasteiger partial charge in [0.15, 0.2) is 0 Å². The Bertz CT molecular complexity index is 415. The molecule has 0 aromatic rings. The largest absolute Gasteiger partial charge is 1.00 e. The molecule has 0 spiro atoms. The Kier molecular flexibility index (Phi) is 24.6. The number of hydrogen-bond donors (Lipinski definition) is 1. The molecule has 0 amide bonds. The molecule has 1 N–H and O–H groups in total. The van der Waals surface area contributed by atoms with Crippen LogP contribution in [-0.2, 0) is 10.1 Å². The number of hydrogen-bond acceptors (Lipinski definition) is 4. The van der Waals surface area contributed by atoms with Gasteiger partial charge in [-0.25, -0.2) is 8.42 Å². The van der Waals surface area contributed by atoms with E-state index >= 15 is 0 Å². The molecule has 28 heavy (non-hydrogen) atoms. The fourth-order valence-corrected chi connectivity index (χ4v) is 4.55. The van der Waals surface area contributed by atoms with Crippen molar-refractivity contribution in [2.24, 2.45) is 0 Å². The Balaban J connectivity index is 0. The summed E-state index contributed by atoms with van der Waals surface area (Å²) in [5.74, 6) is 0. The monoisotopic (exact) mass is 444 g/mol. The standard InChI is InChI=1S/C22H46O4S.K/c1-3-5-7-8-11-15-19-22(27(24,25)26)20-16-12-9-10-14-18-21(23)17-13-6-4-2;/h21-23H,3-20H2,1-2H3,(H,24,25,26);/q;+1/p-1. The minimum atomic E-state index is -4.17. The van der Waals surface area contributed by atoms with Crippen molar-refractivity contribution in [1.29, 1.82) is 0 Å². The molecule has 0 heterocycles. The minimum absolute atomic E-state index is 0. The predicted molar refractivity (Wildman–Crippen MR) is 114 cm³/mol. The molecule has 0 radical (unpaired) electrons. The summed E-state index contributed by atoms with van der Waals surface area (Å²) in [4.78, 5) is 0. The first-order valence-electron chi connectivity index (χ1n) is 11.5. The zero-order chi connectivity index (χ0) is 20.4.